The summed E-state index contributed by atoms with van der Waals surface area (Å²) in [4.78, 5) is 2.56. The Labute approximate surface area is 87.2 Å². The van der Waals surface area contributed by atoms with Crippen molar-refractivity contribution in [3.63, 3.8) is 0 Å². The summed E-state index contributed by atoms with van der Waals surface area (Å²) in [6.45, 7) is 4.19. The first kappa shape index (κ1) is 8.97. The predicted molar refractivity (Wildman–Crippen MR) is 59.3 cm³/mol. The van der Waals surface area contributed by atoms with E-state index in [0.29, 0.717) is 0 Å². The number of allylic oxidation sites excluding steroid dienone is 2. The van der Waals surface area contributed by atoms with Gasteiger partial charge in [0.1, 0.15) is 0 Å². The van der Waals surface area contributed by atoms with Crippen molar-refractivity contribution in [3.05, 3.63) is 33.8 Å². The Bertz CT molecular complexity index is 385. The largest absolute Gasteiger partial charge is 0.358 e. The Balaban J connectivity index is 2.44. The number of anilines is 1. The van der Waals surface area contributed by atoms with Crippen molar-refractivity contribution in [2.45, 2.75) is 18.7 Å². The molecule has 3 heteroatoms. The molecule has 0 atom stereocenters. The van der Waals surface area contributed by atoms with Gasteiger partial charge in [-0.05, 0) is 32.0 Å². The van der Waals surface area contributed by atoms with Crippen LogP contribution >= 0.6 is 23.4 Å². The molecule has 0 saturated heterocycles. The topological polar surface area (TPSA) is 12.0 Å². The monoisotopic (exact) mass is 211 g/mol. The smallest absolute Gasteiger partial charge is 0.0538 e. The number of hydrogen-bond acceptors (Lipinski definition) is 2. The predicted octanol–water partition coefficient (Wildman–Crippen LogP) is 4.11. The van der Waals surface area contributed by atoms with Gasteiger partial charge in [0.15, 0.2) is 0 Å². The maximum absolute atomic E-state index is 5.90. The second-order valence-corrected chi connectivity index (χ2v) is 4.74. The van der Waals surface area contributed by atoms with E-state index in [-0.39, 0.29) is 0 Å². The highest BCUT2D eigenvalue weighted by atomic mass is 35.5. The number of nitrogens with one attached hydrogen (secondary N) is 1. The van der Waals surface area contributed by atoms with Gasteiger partial charge in [0.25, 0.3) is 0 Å². The molecule has 1 aromatic rings. The van der Waals surface area contributed by atoms with Crippen LogP contribution in [0.5, 0.6) is 0 Å². The normalized spacial score (nSPS) is 15.3. The minimum Gasteiger partial charge on any atom is -0.358 e. The minimum absolute atomic E-state index is 0.777. The number of fused-ring (bicyclic) bond motifs is 1. The van der Waals surface area contributed by atoms with Crippen LogP contribution in [0.4, 0.5) is 5.69 Å². The van der Waals surface area contributed by atoms with Gasteiger partial charge in [-0.2, -0.15) is 0 Å². The first-order valence-electron chi connectivity index (χ1n) is 4.09. The number of benzene rings is 1. The van der Waals surface area contributed by atoms with E-state index in [4.69, 9.17) is 11.6 Å². The lowest BCUT2D eigenvalue weighted by molar-refractivity contribution is 1.27. The van der Waals surface area contributed by atoms with Crippen LogP contribution in [0.2, 0.25) is 5.02 Å². The molecule has 0 fully saturated rings. The maximum atomic E-state index is 5.90. The summed E-state index contributed by atoms with van der Waals surface area (Å²) in [7, 11) is 0. The van der Waals surface area contributed by atoms with E-state index >= 15 is 0 Å². The molecule has 1 N–H and O–H groups in total. The van der Waals surface area contributed by atoms with Crippen LogP contribution in [-0.2, 0) is 0 Å². The molecule has 1 aliphatic rings. The highest BCUT2D eigenvalue weighted by Gasteiger charge is 2.12. The zero-order valence-corrected chi connectivity index (χ0v) is 9.09. The zero-order chi connectivity index (χ0) is 9.42. The van der Waals surface area contributed by atoms with E-state index < -0.39 is 0 Å². The van der Waals surface area contributed by atoms with E-state index in [1.54, 1.807) is 11.8 Å². The van der Waals surface area contributed by atoms with Crippen molar-refractivity contribution >= 4 is 29.1 Å². The third kappa shape index (κ3) is 1.69. The fourth-order valence-corrected chi connectivity index (χ4v) is 2.28. The van der Waals surface area contributed by atoms with Crippen LogP contribution in [0.3, 0.4) is 0 Å². The average molecular weight is 212 g/mol. The van der Waals surface area contributed by atoms with Crippen molar-refractivity contribution in [1.29, 1.82) is 0 Å². The van der Waals surface area contributed by atoms with Gasteiger partial charge >= 0.3 is 0 Å². The molecule has 0 amide bonds. The molecule has 1 nitrogen and oxygen atoms in total. The highest BCUT2D eigenvalue weighted by Crippen LogP contribution is 2.40. The molecule has 68 valence electrons. The Morgan fingerprint density at radius 2 is 2.08 bits per heavy atom. The van der Waals surface area contributed by atoms with Crippen LogP contribution < -0.4 is 5.32 Å². The Kier molecular flexibility index (Phi) is 2.26. The van der Waals surface area contributed by atoms with Gasteiger partial charge in [0.2, 0.25) is 0 Å². The third-order valence-electron chi connectivity index (χ3n) is 2.05. The van der Waals surface area contributed by atoms with Crippen molar-refractivity contribution in [2.75, 3.05) is 5.32 Å². The van der Waals surface area contributed by atoms with Gasteiger partial charge in [-0.25, -0.2) is 0 Å². The molecule has 0 aromatic heterocycles. The summed E-state index contributed by atoms with van der Waals surface area (Å²) < 4.78 is 0. The molecule has 0 aliphatic carbocycles. The number of thioether (sulfide) groups is 1. The van der Waals surface area contributed by atoms with Gasteiger partial charge in [-0.3, -0.25) is 0 Å². The van der Waals surface area contributed by atoms with E-state index in [1.807, 2.05) is 18.2 Å². The minimum atomic E-state index is 0.777. The average Bonchev–Trinajstić information content (AvgIpc) is 2.08. The lowest BCUT2D eigenvalue weighted by Crippen LogP contribution is -2.03. The molecule has 0 saturated carbocycles. The van der Waals surface area contributed by atoms with Gasteiger partial charge < -0.3 is 5.32 Å². The summed E-state index contributed by atoms with van der Waals surface area (Å²) in [5, 5.41) is 4.10. The lowest BCUT2D eigenvalue weighted by atomic mass is 10.3. The summed E-state index contributed by atoms with van der Waals surface area (Å²) in [5.41, 5.74) is 2.32. The molecular weight excluding hydrogens is 202 g/mol. The molecule has 2 rings (SSSR count). The Hall–Kier alpha value is -0.600. The van der Waals surface area contributed by atoms with Crippen molar-refractivity contribution in [3.8, 4) is 0 Å². The first-order valence-corrected chi connectivity index (χ1v) is 5.28. The molecule has 1 heterocycles. The van der Waals surface area contributed by atoms with E-state index in [1.165, 1.54) is 15.5 Å². The van der Waals surface area contributed by atoms with Crippen LogP contribution in [0, 0.1) is 0 Å². The van der Waals surface area contributed by atoms with E-state index in [2.05, 4.69) is 19.2 Å². The third-order valence-corrected chi connectivity index (χ3v) is 3.48. The molecule has 0 bridgehead atoms. The van der Waals surface area contributed by atoms with Crippen LogP contribution in [0.25, 0.3) is 0 Å². The van der Waals surface area contributed by atoms with E-state index in [0.717, 1.165) is 10.7 Å². The Morgan fingerprint density at radius 3 is 2.85 bits per heavy atom. The Morgan fingerprint density at radius 1 is 1.31 bits per heavy atom. The van der Waals surface area contributed by atoms with Crippen molar-refractivity contribution < 1.29 is 0 Å². The van der Waals surface area contributed by atoms with Crippen LogP contribution in [0.15, 0.2) is 33.7 Å². The number of hydrogen-bond donors (Lipinski definition) is 1. The van der Waals surface area contributed by atoms with Crippen LogP contribution in [-0.4, -0.2) is 0 Å². The molecule has 0 unspecified atom stereocenters. The van der Waals surface area contributed by atoms with Gasteiger partial charge in [0.05, 0.1) is 5.69 Å². The fraction of sp³-hybridized carbons (Fsp3) is 0.200. The van der Waals surface area contributed by atoms with Crippen LogP contribution in [0.1, 0.15) is 13.8 Å². The lowest BCUT2D eigenvalue weighted by Gasteiger charge is -2.20. The molecule has 0 spiro atoms. The zero-order valence-electron chi connectivity index (χ0n) is 7.52. The standard InChI is InChI=1S/C10H10ClNS/c1-6-7(2)13-10-4-3-8(11)5-9(10)12-6/h3-5,12H,1-2H3. The number of rotatable bonds is 0. The van der Waals surface area contributed by atoms with Crippen molar-refractivity contribution in [2.24, 2.45) is 0 Å². The summed E-state index contributed by atoms with van der Waals surface area (Å²) in [6.07, 6.45) is 0. The fourth-order valence-electron chi connectivity index (χ4n) is 1.22. The first-order chi connectivity index (χ1) is 6.16. The molecule has 1 aliphatic heterocycles. The molecule has 0 radical (unpaired) electrons. The van der Waals surface area contributed by atoms with Gasteiger partial charge in [-0.15, -0.1) is 0 Å². The molecule has 13 heavy (non-hydrogen) atoms. The second-order valence-electron chi connectivity index (χ2n) is 3.05. The quantitative estimate of drug-likeness (QED) is 0.693. The number of halogens is 1. The SMILES string of the molecule is CC1=C(C)Sc2ccc(Cl)cc2N1. The van der Waals surface area contributed by atoms with Crippen molar-refractivity contribution in [1.82, 2.24) is 0 Å². The summed E-state index contributed by atoms with van der Waals surface area (Å²) in [6, 6.07) is 5.92. The van der Waals surface area contributed by atoms with Gasteiger partial charge in [0, 0.05) is 20.5 Å². The van der Waals surface area contributed by atoms with E-state index in [9.17, 15) is 0 Å². The molecule has 1 aromatic carbocycles. The summed E-state index contributed by atoms with van der Waals surface area (Å²) >= 11 is 7.68. The maximum Gasteiger partial charge on any atom is 0.0538 e. The highest BCUT2D eigenvalue weighted by molar-refractivity contribution is 8.03. The molecular formula is C10H10ClNS. The summed E-state index contributed by atoms with van der Waals surface area (Å²) in [5.74, 6) is 0. The van der Waals surface area contributed by atoms with Gasteiger partial charge in [-0.1, -0.05) is 23.4 Å². The second kappa shape index (κ2) is 3.28.